The monoisotopic (exact) mass is 390 g/mol. The summed E-state index contributed by atoms with van der Waals surface area (Å²) in [5, 5.41) is 0.494. The highest BCUT2D eigenvalue weighted by atomic mass is 16.7. The maximum Gasteiger partial charge on any atom is 0.380 e. The van der Waals surface area contributed by atoms with Crippen molar-refractivity contribution in [3.05, 3.63) is 77.6 Å². The number of carbonyl (C=O) groups excluding carboxylic acids is 3. The Morgan fingerprint density at radius 1 is 0.862 bits per heavy atom. The molecule has 0 saturated carbocycles. The third-order valence-corrected chi connectivity index (χ3v) is 4.69. The highest BCUT2D eigenvalue weighted by Crippen LogP contribution is 2.32. The Morgan fingerprint density at radius 3 is 2.28 bits per heavy atom. The number of carbonyl (C=O) groups is 3. The van der Waals surface area contributed by atoms with Gasteiger partial charge in [0.25, 0.3) is 11.8 Å². The molecule has 0 spiro atoms. The average Bonchev–Trinajstić information content (AvgIpc) is 3.34. The molecule has 5 rings (SSSR count). The maximum absolute atomic E-state index is 12.7. The zero-order valence-electron chi connectivity index (χ0n) is 15.0. The molecule has 8 heteroatoms. The second-order valence-corrected chi connectivity index (χ2v) is 6.42. The molecule has 8 nitrogen and oxygen atoms in total. The number of amides is 2. The third-order valence-electron chi connectivity index (χ3n) is 4.69. The summed E-state index contributed by atoms with van der Waals surface area (Å²) in [4.78, 5) is 42.7. The first-order chi connectivity index (χ1) is 14.1. The quantitative estimate of drug-likeness (QED) is 0.639. The first kappa shape index (κ1) is 17.1. The minimum Gasteiger partial charge on any atom is -0.486 e. The van der Waals surface area contributed by atoms with Gasteiger partial charge < -0.3 is 18.9 Å². The lowest BCUT2D eigenvalue weighted by atomic mass is 10.1. The van der Waals surface area contributed by atoms with E-state index in [4.69, 9.17) is 14.3 Å². The number of ether oxygens (including phenoxy) is 2. The molecule has 29 heavy (non-hydrogen) atoms. The Kier molecular flexibility index (Phi) is 3.83. The fraction of sp³-hybridized carbons (Fsp3) is 0.0952. The van der Waals surface area contributed by atoms with Crippen molar-refractivity contribution in [1.29, 1.82) is 0 Å². The van der Waals surface area contributed by atoms with Gasteiger partial charge in [-0.2, -0.15) is 0 Å². The second kappa shape index (κ2) is 6.52. The average molecular weight is 390 g/mol. The molecule has 2 aliphatic heterocycles. The van der Waals surface area contributed by atoms with Gasteiger partial charge in [-0.15, -0.1) is 0 Å². The number of aromatic nitrogens is 1. The summed E-state index contributed by atoms with van der Waals surface area (Å²) in [6, 6.07) is 14.8. The van der Waals surface area contributed by atoms with Crippen LogP contribution in [0.4, 0.5) is 0 Å². The van der Waals surface area contributed by atoms with E-state index in [-0.39, 0.29) is 16.8 Å². The van der Waals surface area contributed by atoms with Crippen molar-refractivity contribution >= 4 is 17.8 Å². The molecular formula is C21H14N2O6. The predicted octanol–water partition coefficient (Wildman–Crippen LogP) is 2.62. The largest absolute Gasteiger partial charge is 0.486 e. The van der Waals surface area contributed by atoms with Crippen LogP contribution in [-0.2, 0) is 4.84 Å². The summed E-state index contributed by atoms with van der Waals surface area (Å²) in [5.41, 5.74) is 1.20. The summed E-state index contributed by atoms with van der Waals surface area (Å²) < 4.78 is 12.7. The Morgan fingerprint density at radius 2 is 1.55 bits per heavy atom. The van der Waals surface area contributed by atoms with Crippen LogP contribution in [0.25, 0.3) is 5.69 Å². The van der Waals surface area contributed by atoms with Crippen molar-refractivity contribution in [1.82, 2.24) is 9.63 Å². The first-order valence-electron chi connectivity index (χ1n) is 8.91. The number of imide groups is 1. The molecule has 3 heterocycles. The fourth-order valence-corrected chi connectivity index (χ4v) is 3.33. The maximum atomic E-state index is 12.7. The zero-order valence-corrected chi connectivity index (χ0v) is 15.0. The van der Waals surface area contributed by atoms with Crippen LogP contribution in [0.2, 0.25) is 0 Å². The number of fused-ring (bicyclic) bond motifs is 2. The van der Waals surface area contributed by atoms with Crippen LogP contribution < -0.4 is 9.47 Å². The molecular weight excluding hydrogens is 376 g/mol. The van der Waals surface area contributed by atoms with Crippen LogP contribution in [0.3, 0.4) is 0 Å². The summed E-state index contributed by atoms with van der Waals surface area (Å²) in [5.74, 6) is -0.975. The van der Waals surface area contributed by atoms with E-state index in [0.29, 0.717) is 35.5 Å². The highest BCUT2D eigenvalue weighted by molar-refractivity contribution is 6.21. The molecule has 0 aliphatic carbocycles. The lowest BCUT2D eigenvalue weighted by Gasteiger charge is -2.19. The van der Waals surface area contributed by atoms with E-state index in [1.807, 2.05) is 0 Å². The Bertz CT molecular complexity index is 1130. The minimum atomic E-state index is -0.834. The summed E-state index contributed by atoms with van der Waals surface area (Å²) in [6.45, 7) is 0.921. The van der Waals surface area contributed by atoms with Gasteiger partial charge in [-0.25, -0.2) is 4.79 Å². The van der Waals surface area contributed by atoms with Gasteiger partial charge in [0.2, 0.25) is 0 Å². The fourth-order valence-electron chi connectivity index (χ4n) is 3.33. The van der Waals surface area contributed by atoms with E-state index in [0.717, 1.165) is 0 Å². The molecule has 144 valence electrons. The number of hydrogen-bond donors (Lipinski definition) is 0. The van der Waals surface area contributed by atoms with E-state index < -0.39 is 17.8 Å². The van der Waals surface area contributed by atoms with Crippen LogP contribution in [0, 0.1) is 0 Å². The van der Waals surface area contributed by atoms with E-state index in [9.17, 15) is 14.4 Å². The molecule has 2 aromatic carbocycles. The van der Waals surface area contributed by atoms with Crippen molar-refractivity contribution in [2.24, 2.45) is 0 Å². The molecule has 2 aliphatic rings. The van der Waals surface area contributed by atoms with Crippen molar-refractivity contribution < 1.29 is 28.7 Å². The van der Waals surface area contributed by atoms with Gasteiger partial charge in [0.1, 0.15) is 18.9 Å². The number of hydrogen-bond acceptors (Lipinski definition) is 6. The first-order valence-corrected chi connectivity index (χ1v) is 8.91. The number of hydroxylamine groups is 2. The highest BCUT2D eigenvalue weighted by Gasteiger charge is 2.39. The van der Waals surface area contributed by atoms with Crippen molar-refractivity contribution in [3.63, 3.8) is 0 Å². The van der Waals surface area contributed by atoms with Gasteiger partial charge in [-0.05, 0) is 36.4 Å². The molecule has 0 fully saturated rings. The summed E-state index contributed by atoms with van der Waals surface area (Å²) in [6.07, 6.45) is 1.67. The lowest BCUT2D eigenvalue weighted by molar-refractivity contribution is -0.0589. The predicted molar refractivity (Wildman–Crippen MR) is 99.1 cm³/mol. The Balaban J connectivity index is 1.42. The summed E-state index contributed by atoms with van der Waals surface area (Å²) >= 11 is 0. The number of nitrogens with zero attached hydrogens (tertiary/aromatic N) is 2. The smallest absolute Gasteiger partial charge is 0.380 e. The Labute approximate surface area is 164 Å². The van der Waals surface area contributed by atoms with Gasteiger partial charge in [-0.3, -0.25) is 9.59 Å². The SMILES string of the molecule is O=C(ON1C(=O)c2ccccc2C1=O)c1cccn1-c1ccc2c(c1)OCCO2. The van der Waals surface area contributed by atoms with Crippen molar-refractivity contribution in [3.8, 4) is 17.2 Å². The molecule has 0 radical (unpaired) electrons. The van der Waals surface area contributed by atoms with Crippen LogP contribution in [-0.4, -0.2) is 40.6 Å². The second-order valence-electron chi connectivity index (χ2n) is 6.42. The van der Waals surface area contributed by atoms with Gasteiger partial charge in [0, 0.05) is 18.0 Å². The topological polar surface area (TPSA) is 87.1 Å². The van der Waals surface area contributed by atoms with E-state index in [1.165, 1.54) is 18.2 Å². The summed E-state index contributed by atoms with van der Waals surface area (Å²) in [7, 11) is 0. The number of rotatable bonds is 3. The molecule has 1 aromatic heterocycles. The van der Waals surface area contributed by atoms with Crippen LogP contribution in [0.5, 0.6) is 11.5 Å². The van der Waals surface area contributed by atoms with Crippen molar-refractivity contribution in [2.45, 2.75) is 0 Å². The van der Waals surface area contributed by atoms with Gasteiger partial charge in [0.15, 0.2) is 11.5 Å². The van der Waals surface area contributed by atoms with Crippen molar-refractivity contribution in [2.75, 3.05) is 13.2 Å². The molecule has 0 atom stereocenters. The van der Waals surface area contributed by atoms with Gasteiger partial charge >= 0.3 is 5.97 Å². The molecule has 2 amide bonds. The third kappa shape index (κ3) is 2.73. The van der Waals surface area contributed by atoms with E-state index in [1.54, 1.807) is 47.2 Å². The standard InChI is InChI=1S/C21H14N2O6/c24-19-14-4-1-2-5-15(14)20(25)23(19)29-21(26)16-6-3-9-22(16)13-7-8-17-18(12-13)28-11-10-27-17/h1-9,12H,10-11H2. The number of benzene rings is 2. The van der Waals surface area contributed by atoms with Crippen LogP contribution >= 0.6 is 0 Å². The van der Waals surface area contributed by atoms with Gasteiger partial charge in [0.05, 0.1) is 11.1 Å². The van der Waals surface area contributed by atoms with E-state index in [2.05, 4.69) is 0 Å². The Hall–Kier alpha value is -4.07. The molecule has 0 unspecified atom stereocenters. The lowest BCUT2D eigenvalue weighted by Crippen LogP contribution is -2.33. The van der Waals surface area contributed by atoms with E-state index >= 15 is 0 Å². The van der Waals surface area contributed by atoms with Crippen LogP contribution in [0.15, 0.2) is 60.8 Å². The van der Waals surface area contributed by atoms with Crippen LogP contribution in [0.1, 0.15) is 31.2 Å². The molecule has 0 saturated heterocycles. The normalized spacial score (nSPS) is 14.7. The minimum absolute atomic E-state index is 0.151. The molecule has 0 bridgehead atoms. The molecule has 3 aromatic rings. The molecule has 0 N–H and O–H groups in total. The zero-order chi connectivity index (χ0) is 20.0. The van der Waals surface area contributed by atoms with Gasteiger partial charge in [-0.1, -0.05) is 17.2 Å².